The number of anilines is 3. The lowest BCUT2D eigenvalue weighted by molar-refractivity contribution is -0.150. The van der Waals surface area contributed by atoms with E-state index in [0.29, 0.717) is 22.3 Å². The highest BCUT2D eigenvalue weighted by Crippen LogP contribution is 2.31. The van der Waals surface area contributed by atoms with Gasteiger partial charge >= 0.3 is 6.18 Å². The number of fused-ring (bicyclic) bond motifs is 1. The van der Waals surface area contributed by atoms with Gasteiger partial charge in [0.05, 0.1) is 12.2 Å². The topological polar surface area (TPSA) is 118 Å². The zero-order valence-corrected chi connectivity index (χ0v) is 18.3. The summed E-state index contributed by atoms with van der Waals surface area (Å²) < 4.78 is 43.7. The second kappa shape index (κ2) is 9.84. The fourth-order valence-electron chi connectivity index (χ4n) is 3.55. The molecule has 0 aliphatic carbocycles. The molecule has 1 fully saturated rings. The molecule has 4 rings (SSSR count). The number of aliphatic hydroxyl groups excluding tert-OH is 1. The van der Waals surface area contributed by atoms with Crippen LogP contribution in [0.5, 0.6) is 0 Å². The average molecular weight is 497 g/mol. The van der Waals surface area contributed by atoms with Gasteiger partial charge in [-0.05, 0) is 53.9 Å². The molecular weight excluding hydrogens is 477 g/mol. The van der Waals surface area contributed by atoms with Gasteiger partial charge in [-0.25, -0.2) is 4.98 Å². The van der Waals surface area contributed by atoms with E-state index in [0.717, 1.165) is 24.3 Å². The van der Waals surface area contributed by atoms with Crippen LogP contribution in [0, 0.1) is 0 Å². The van der Waals surface area contributed by atoms with Gasteiger partial charge in [-0.3, -0.25) is 9.59 Å². The largest absolute Gasteiger partial charge is 0.416 e. The van der Waals surface area contributed by atoms with E-state index in [1.54, 1.807) is 24.3 Å². The second-order valence-electron chi connectivity index (χ2n) is 7.39. The summed E-state index contributed by atoms with van der Waals surface area (Å²) in [7, 11) is 0. The maximum absolute atomic E-state index is 12.8. The number of carbonyl (C=O) groups is 2. The summed E-state index contributed by atoms with van der Waals surface area (Å²) in [5, 5.41) is 14.4. The number of morpholine rings is 1. The molecule has 4 N–H and O–H groups in total. The smallest absolute Gasteiger partial charge is 0.383 e. The summed E-state index contributed by atoms with van der Waals surface area (Å²) in [6.45, 7) is 0.0548. The molecule has 2 atom stereocenters. The molecule has 3 aromatic rings. The highest BCUT2D eigenvalue weighted by atomic mass is 35.5. The summed E-state index contributed by atoms with van der Waals surface area (Å²) in [6.07, 6.45) is -6.34. The summed E-state index contributed by atoms with van der Waals surface area (Å²) in [6, 6.07) is 10.6. The number of pyridine rings is 1. The molecule has 0 bridgehead atoms. The van der Waals surface area contributed by atoms with E-state index in [1.807, 2.05) is 0 Å². The Labute approximate surface area is 197 Å². The average Bonchev–Trinajstić information content (AvgIpc) is 2.78. The van der Waals surface area contributed by atoms with Crippen LogP contribution in [-0.2, 0) is 20.5 Å². The van der Waals surface area contributed by atoms with Gasteiger partial charge in [0.15, 0.2) is 12.2 Å². The van der Waals surface area contributed by atoms with Crippen molar-refractivity contribution >= 4 is 52.2 Å². The third-order valence-electron chi connectivity index (χ3n) is 5.25. The first-order chi connectivity index (χ1) is 15.6. The molecule has 1 aliphatic rings. The highest BCUT2D eigenvalue weighted by molar-refractivity contribution is 6.04. The van der Waals surface area contributed by atoms with Crippen molar-refractivity contribution in [3.05, 3.63) is 60.3 Å². The van der Waals surface area contributed by atoms with E-state index < -0.39 is 35.8 Å². The Bertz CT molecular complexity index is 1210. The summed E-state index contributed by atoms with van der Waals surface area (Å²) in [4.78, 5) is 30.6. The minimum Gasteiger partial charge on any atom is -0.383 e. The van der Waals surface area contributed by atoms with Gasteiger partial charge < -0.3 is 25.8 Å². The highest BCUT2D eigenvalue weighted by Gasteiger charge is 2.39. The predicted molar refractivity (Wildman–Crippen MR) is 122 cm³/mol. The Hall–Kier alpha value is -3.41. The SMILES string of the molecule is Cl.Nc1nccc2cc(NC(=O)[C@H](O)[C@H]3OCCN(c4ccc(C(F)(F)F)cc4)C3=O)ccc12. The molecule has 1 saturated heterocycles. The van der Waals surface area contributed by atoms with Crippen molar-refractivity contribution in [2.45, 2.75) is 18.4 Å². The molecule has 0 saturated carbocycles. The lowest BCUT2D eigenvalue weighted by atomic mass is 10.1. The number of aliphatic hydroxyl groups is 1. The van der Waals surface area contributed by atoms with Crippen molar-refractivity contribution in [1.82, 2.24) is 4.98 Å². The van der Waals surface area contributed by atoms with Gasteiger partial charge in [0, 0.05) is 29.5 Å². The van der Waals surface area contributed by atoms with Gasteiger partial charge in [0.2, 0.25) is 0 Å². The minimum absolute atomic E-state index is 0. The number of nitrogens with zero attached hydrogens (tertiary/aromatic N) is 2. The maximum atomic E-state index is 12.8. The van der Waals surface area contributed by atoms with Crippen LogP contribution < -0.4 is 16.0 Å². The normalized spacial score (nSPS) is 17.2. The zero-order chi connectivity index (χ0) is 23.8. The summed E-state index contributed by atoms with van der Waals surface area (Å²) >= 11 is 0. The van der Waals surface area contributed by atoms with E-state index in [9.17, 15) is 27.9 Å². The number of alkyl halides is 3. The van der Waals surface area contributed by atoms with E-state index in [2.05, 4.69) is 10.3 Å². The first-order valence-corrected chi connectivity index (χ1v) is 9.88. The van der Waals surface area contributed by atoms with Gasteiger partial charge in [-0.1, -0.05) is 0 Å². The molecule has 8 nitrogen and oxygen atoms in total. The third-order valence-corrected chi connectivity index (χ3v) is 5.25. The molecule has 0 radical (unpaired) electrons. The number of hydrogen-bond donors (Lipinski definition) is 3. The van der Waals surface area contributed by atoms with Crippen molar-refractivity contribution in [3.63, 3.8) is 0 Å². The van der Waals surface area contributed by atoms with Gasteiger partial charge in [0.25, 0.3) is 11.8 Å². The number of hydrogen-bond acceptors (Lipinski definition) is 6. The molecular formula is C22H20ClF3N4O4. The molecule has 0 unspecified atom stereocenters. The zero-order valence-electron chi connectivity index (χ0n) is 17.5. The Morgan fingerprint density at radius 3 is 2.59 bits per heavy atom. The molecule has 2 amide bonds. The third kappa shape index (κ3) is 5.06. The quantitative estimate of drug-likeness (QED) is 0.511. The fourth-order valence-corrected chi connectivity index (χ4v) is 3.55. The second-order valence-corrected chi connectivity index (χ2v) is 7.39. The molecule has 12 heteroatoms. The number of benzene rings is 2. The molecule has 0 spiro atoms. The maximum Gasteiger partial charge on any atom is 0.416 e. The fraction of sp³-hybridized carbons (Fsp3) is 0.227. The van der Waals surface area contributed by atoms with Crippen LogP contribution in [0.4, 0.5) is 30.4 Å². The van der Waals surface area contributed by atoms with Crippen LogP contribution in [-0.4, -0.2) is 47.3 Å². The number of ether oxygens (including phenoxy) is 1. The standard InChI is InChI=1S/C22H19F3N4O4.ClH/c23-22(24,25)13-1-4-15(5-2-13)29-9-10-33-18(21(29)32)17(30)20(31)28-14-3-6-16-12(11-14)7-8-27-19(16)26;/h1-8,11,17-18,30H,9-10H2,(H2,26,27)(H,28,31);1H/t17-,18-;/m1./s1. The lowest BCUT2D eigenvalue weighted by Crippen LogP contribution is -2.55. The van der Waals surface area contributed by atoms with Crippen LogP contribution in [0.15, 0.2) is 54.7 Å². The van der Waals surface area contributed by atoms with E-state index in [-0.39, 0.29) is 31.2 Å². The first-order valence-electron chi connectivity index (χ1n) is 9.88. The van der Waals surface area contributed by atoms with Crippen LogP contribution >= 0.6 is 12.4 Å². The number of aromatic nitrogens is 1. The summed E-state index contributed by atoms with van der Waals surface area (Å²) in [5.41, 5.74) is 5.52. The first kappa shape index (κ1) is 25.2. The van der Waals surface area contributed by atoms with Crippen LogP contribution in [0.3, 0.4) is 0 Å². The molecule has 1 aromatic heterocycles. The number of rotatable bonds is 4. The Balaban J connectivity index is 0.00000324. The molecule has 2 aromatic carbocycles. The molecule has 2 heterocycles. The molecule has 1 aliphatic heterocycles. The van der Waals surface area contributed by atoms with Crippen molar-refractivity contribution in [3.8, 4) is 0 Å². The summed E-state index contributed by atoms with van der Waals surface area (Å²) in [5.74, 6) is -1.28. The Kier molecular flexibility index (Phi) is 7.29. The lowest BCUT2D eigenvalue weighted by Gasteiger charge is -2.34. The Morgan fingerprint density at radius 1 is 1.21 bits per heavy atom. The van der Waals surface area contributed by atoms with Crippen molar-refractivity contribution < 1.29 is 32.6 Å². The van der Waals surface area contributed by atoms with Crippen LogP contribution in [0.25, 0.3) is 10.8 Å². The van der Waals surface area contributed by atoms with Crippen LogP contribution in [0.1, 0.15) is 5.56 Å². The number of nitrogen functional groups attached to an aromatic ring is 1. The minimum atomic E-state index is -4.50. The van der Waals surface area contributed by atoms with Crippen LogP contribution in [0.2, 0.25) is 0 Å². The van der Waals surface area contributed by atoms with E-state index >= 15 is 0 Å². The predicted octanol–water partition coefficient (Wildman–Crippen LogP) is 2.99. The molecule has 180 valence electrons. The van der Waals surface area contributed by atoms with E-state index in [4.69, 9.17) is 10.5 Å². The van der Waals surface area contributed by atoms with Gasteiger partial charge in [-0.15, -0.1) is 12.4 Å². The van der Waals surface area contributed by atoms with E-state index in [1.165, 1.54) is 11.1 Å². The number of carbonyl (C=O) groups excluding carboxylic acids is 2. The van der Waals surface area contributed by atoms with Gasteiger partial charge in [0.1, 0.15) is 5.82 Å². The Morgan fingerprint density at radius 2 is 1.91 bits per heavy atom. The van der Waals surface area contributed by atoms with Crippen molar-refractivity contribution in [2.24, 2.45) is 0 Å². The number of amides is 2. The van der Waals surface area contributed by atoms with Crippen molar-refractivity contribution in [2.75, 3.05) is 29.1 Å². The number of halogens is 4. The number of nitrogens with one attached hydrogen (secondary N) is 1. The van der Waals surface area contributed by atoms with Crippen molar-refractivity contribution in [1.29, 1.82) is 0 Å². The monoisotopic (exact) mass is 496 g/mol. The van der Waals surface area contributed by atoms with Gasteiger partial charge in [-0.2, -0.15) is 13.2 Å². The molecule has 34 heavy (non-hydrogen) atoms. The number of nitrogens with two attached hydrogens (primary N) is 1.